The third-order valence-electron chi connectivity index (χ3n) is 2.52. The summed E-state index contributed by atoms with van der Waals surface area (Å²) in [6.45, 7) is 5.67. The van der Waals surface area contributed by atoms with E-state index in [2.05, 4.69) is 0 Å². The lowest BCUT2D eigenvalue weighted by molar-refractivity contribution is -0.178. The number of hydrogen-bond acceptors (Lipinski definition) is 4. The molecule has 1 saturated heterocycles. The molecule has 0 aliphatic carbocycles. The van der Waals surface area contributed by atoms with Crippen LogP contribution in [0.3, 0.4) is 0 Å². The van der Waals surface area contributed by atoms with Crippen molar-refractivity contribution in [1.29, 1.82) is 0 Å². The summed E-state index contributed by atoms with van der Waals surface area (Å²) in [5.74, 6) is 0.00394. The topological polar surface area (TPSA) is 64.8 Å². The third kappa shape index (κ3) is 2.90. The molecule has 2 N–H and O–H groups in total. The van der Waals surface area contributed by atoms with Crippen LogP contribution in [0.1, 0.15) is 13.8 Å². The van der Waals surface area contributed by atoms with Gasteiger partial charge in [0.25, 0.3) is 5.91 Å². The van der Waals surface area contributed by atoms with E-state index >= 15 is 0 Å². The second kappa shape index (κ2) is 4.92. The molecule has 5 heteroatoms. The van der Waals surface area contributed by atoms with E-state index in [4.69, 9.17) is 15.2 Å². The van der Waals surface area contributed by atoms with Gasteiger partial charge in [0.2, 0.25) is 0 Å². The second-order valence-corrected chi connectivity index (χ2v) is 4.23. The van der Waals surface area contributed by atoms with Crippen LogP contribution in [0.5, 0.6) is 0 Å². The number of ether oxygens (including phenoxy) is 2. The lowest BCUT2D eigenvalue weighted by Gasteiger charge is -2.41. The summed E-state index contributed by atoms with van der Waals surface area (Å²) in [7, 11) is 1.62. The van der Waals surface area contributed by atoms with Crippen molar-refractivity contribution >= 4 is 5.91 Å². The minimum absolute atomic E-state index is 0.00394. The molecule has 0 aromatic heterocycles. The summed E-state index contributed by atoms with van der Waals surface area (Å²) in [6, 6.07) is 0. The van der Waals surface area contributed by atoms with Gasteiger partial charge in [-0.15, -0.1) is 0 Å². The molecule has 1 unspecified atom stereocenters. The fourth-order valence-corrected chi connectivity index (χ4v) is 1.73. The molecule has 5 nitrogen and oxygen atoms in total. The number of morpholine rings is 1. The molecule has 1 rings (SSSR count). The maximum Gasteiger partial charge on any atom is 0.254 e. The quantitative estimate of drug-likeness (QED) is 0.694. The van der Waals surface area contributed by atoms with Crippen molar-refractivity contribution in [2.75, 3.05) is 33.4 Å². The first-order chi connectivity index (χ1) is 7.01. The van der Waals surface area contributed by atoms with Crippen molar-refractivity contribution in [2.24, 2.45) is 5.73 Å². The molecule has 1 amide bonds. The highest BCUT2D eigenvalue weighted by Gasteiger charge is 2.40. The van der Waals surface area contributed by atoms with Gasteiger partial charge in [0.1, 0.15) is 5.60 Å². The van der Waals surface area contributed by atoms with E-state index in [1.165, 1.54) is 0 Å². The van der Waals surface area contributed by atoms with Gasteiger partial charge in [-0.2, -0.15) is 0 Å². The fraction of sp³-hybridized carbons (Fsp3) is 0.900. The van der Waals surface area contributed by atoms with E-state index in [-0.39, 0.29) is 12.0 Å². The van der Waals surface area contributed by atoms with Crippen molar-refractivity contribution in [1.82, 2.24) is 4.90 Å². The molecule has 1 fully saturated rings. The van der Waals surface area contributed by atoms with Crippen LogP contribution < -0.4 is 5.73 Å². The summed E-state index contributed by atoms with van der Waals surface area (Å²) in [5.41, 5.74) is 4.80. The summed E-state index contributed by atoms with van der Waals surface area (Å²) < 4.78 is 10.6. The van der Waals surface area contributed by atoms with Crippen molar-refractivity contribution in [3.63, 3.8) is 0 Å². The third-order valence-corrected chi connectivity index (χ3v) is 2.52. The van der Waals surface area contributed by atoms with E-state index in [1.807, 2.05) is 0 Å². The highest BCUT2D eigenvalue weighted by Crippen LogP contribution is 2.21. The van der Waals surface area contributed by atoms with Crippen molar-refractivity contribution < 1.29 is 14.3 Å². The van der Waals surface area contributed by atoms with Crippen LogP contribution in [-0.4, -0.2) is 55.9 Å². The lowest BCUT2D eigenvalue weighted by atomic mass is 10.0. The largest absolute Gasteiger partial charge is 0.383 e. The van der Waals surface area contributed by atoms with E-state index in [1.54, 1.807) is 25.9 Å². The van der Waals surface area contributed by atoms with Gasteiger partial charge in [0.05, 0.1) is 12.7 Å². The minimum atomic E-state index is -0.768. The average molecular weight is 216 g/mol. The summed E-state index contributed by atoms with van der Waals surface area (Å²) in [4.78, 5) is 13.7. The van der Waals surface area contributed by atoms with Gasteiger partial charge < -0.3 is 20.1 Å². The maximum absolute atomic E-state index is 11.9. The van der Waals surface area contributed by atoms with Crippen molar-refractivity contribution in [3.05, 3.63) is 0 Å². The molecule has 0 spiro atoms. The van der Waals surface area contributed by atoms with Gasteiger partial charge >= 0.3 is 0 Å². The Kier molecular flexibility index (Phi) is 4.07. The zero-order chi connectivity index (χ0) is 11.5. The molecule has 0 radical (unpaired) electrons. The van der Waals surface area contributed by atoms with E-state index < -0.39 is 5.60 Å². The van der Waals surface area contributed by atoms with E-state index in [0.29, 0.717) is 26.2 Å². The molecule has 0 aromatic carbocycles. The molecule has 1 aliphatic heterocycles. The molecular formula is C10H20N2O3. The zero-order valence-electron chi connectivity index (χ0n) is 9.66. The molecule has 1 aliphatic rings. The van der Waals surface area contributed by atoms with Crippen LogP contribution in [0.15, 0.2) is 0 Å². The Balaban J connectivity index is 2.64. The molecule has 88 valence electrons. The molecule has 15 heavy (non-hydrogen) atoms. The highest BCUT2D eigenvalue weighted by atomic mass is 16.5. The Bertz CT molecular complexity index is 231. The molecule has 0 aromatic rings. The van der Waals surface area contributed by atoms with Gasteiger partial charge in [-0.25, -0.2) is 0 Å². The number of amides is 1. The van der Waals surface area contributed by atoms with Crippen LogP contribution >= 0.6 is 0 Å². The van der Waals surface area contributed by atoms with E-state index in [9.17, 15) is 4.79 Å². The second-order valence-electron chi connectivity index (χ2n) is 4.23. The number of methoxy groups -OCH3 is 1. The molecule has 1 heterocycles. The van der Waals surface area contributed by atoms with Crippen molar-refractivity contribution in [3.8, 4) is 0 Å². The van der Waals surface area contributed by atoms with Gasteiger partial charge in [0.15, 0.2) is 0 Å². The first-order valence-corrected chi connectivity index (χ1v) is 5.17. The normalized spacial score (nSPS) is 25.7. The molecule has 0 bridgehead atoms. The SMILES string of the molecule is COCCN1CC(CN)OC(C)(C)C1=O. The lowest BCUT2D eigenvalue weighted by Crippen LogP contribution is -2.59. The number of carbonyl (C=O) groups is 1. The monoisotopic (exact) mass is 216 g/mol. The maximum atomic E-state index is 11.9. The van der Waals surface area contributed by atoms with Crippen LogP contribution in [0.2, 0.25) is 0 Å². The van der Waals surface area contributed by atoms with Gasteiger partial charge in [-0.05, 0) is 13.8 Å². The Morgan fingerprint density at radius 1 is 1.67 bits per heavy atom. The first kappa shape index (κ1) is 12.4. The Hall–Kier alpha value is -0.650. The van der Waals surface area contributed by atoms with Gasteiger partial charge in [0, 0.05) is 26.7 Å². The van der Waals surface area contributed by atoms with Crippen LogP contribution in [0.25, 0.3) is 0 Å². The van der Waals surface area contributed by atoms with Crippen LogP contribution in [0, 0.1) is 0 Å². The first-order valence-electron chi connectivity index (χ1n) is 5.17. The summed E-state index contributed by atoms with van der Waals surface area (Å²) in [6.07, 6.45) is -0.0745. The number of rotatable bonds is 4. The van der Waals surface area contributed by atoms with Gasteiger partial charge in [-0.3, -0.25) is 4.79 Å². The average Bonchev–Trinajstić information content (AvgIpc) is 2.20. The molecule has 1 atom stereocenters. The number of hydrogen-bond donors (Lipinski definition) is 1. The number of nitrogens with zero attached hydrogens (tertiary/aromatic N) is 1. The van der Waals surface area contributed by atoms with Crippen LogP contribution in [0.4, 0.5) is 0 Å². The molecular weight excluding hydrogens is 196 g/mol. The number of nitrogens with two attached hydrogens (primary N) is 1. The predicted molar refractivity (Wildman–Crippen MR) is 56.5 cm³/mol. The Labute approximate surface area is 90.5 Å². The van der Waals surface area contributed by atoms with Crippen LogP contribution in [-0.2, 0) is 14.3 Å². The summed E-state index contributed by atoms with van der Waals surface area (Å²) >= 11 is 0. The highest BCUT2D eigenvalue weighted by molar-refractivity contribution is 5.85. The Morgan fingerprint density at radius 3 is 2.87 bits per heavy atom. The Morgan fingerprint density at radius 2 is 2.33 bits per heavy atom. The fourth-order valence-electron chi connectivity index (χ4n) is 1.73. The smallest absolute Gasteiger partial charge is 0.254 e. The van der Waals surface area contributed by atoms with E-state index in [0.717, 1.165) is 0 Å². The predicted octanol–water partition coefficient (Wildman–Crippen LogP) is -0.402. The number of carbonyl (C=O) groups excluding carboxylic acids is 1. The molecule has 0 saturated carbocycles. The van der Waals surface area contributed by atoms with Crippen molar-refractivity contribution in [2.45, 2.75) is 25.6 Å². The van der Waals surface area contributed by atoms with Gasteiger partial charge in [-0.1, -0.05) is 0 Å². The summed E-state index contributed by atoms with van der Waals surface area (Å²) in [5, 5.41) is 0. The minimum Gasteiger partial charge on any atom is -0.383 e. The standard InChI is InChI=1S/C10H20N2O3/c1-10(2)9(13)12(4-5-14-3)7-8(6-11)15-10/h8H,4-7,11H2,1-3H3. The zero-order valence-corrected chi connectivity index (χ0v) is 9.66.